The Morgan fingerprint density at radius 2 is 2.06 bits per heavy atom. The Morgan fingerprint density at radius 1 is 1.33 bits per heavy atom. The fraction of sp³-hybridized carbons (Fsp3) is 0.600. The van der Waals surface area contributed by atoms with Crippen molar-refractivity contribution in [2.75, 3.05) is 20.1 Å². The molecule has 3 heteroatoms. The number of likely N-dealkylation sites (tertiary alicyclic amines) is 1. The van der Waals surface area contributed by atoms with Crippen molar-refractivity contribution in [3.63, 3.8) is 0 Å². The topological polar surface area (TPSA) is 15.3 Å². The van der Waals surface area contributed by atoms with Crippen LogP contribution in [0.15, 0.2) is 24.3 Å². The van der Waals surface area contributed by atoms with Crippen molar-refractivity contribution in [1.82, 2.24) is 10.2 Å². The van der Waals surface area contributed by atoms with E-state index < -0.39 is 0 Å². The Labute approximate surface area is 115 Å². The highest BCUT2D eigenvalue weighted by Gasteiger charge is 2.21. The minimum Gasteiger partial charge on any atom is -0.314 e. The van der Waals surface area contributed by atoms with E-state index in [1.807, 2.05) is 12.1 Å². The summed E-state index contributed by atoms with van der Waals surface area (Å²) >= 11 is 5.88. The molecule has 1 heterocycles. The summed E-state index contributed by atoms with van der Waals surface area (Å²) in [5, 5.41) is 4.49. The van der Waals surface area contributed by atoms with Crippen LogP contribution in [0.25, 0.3) is 0 Å². The van der Waals surface area contributed by atoms with Crippen molar-refractivity contribution in [1.29, 1.82) is 0 Å². The van der Waals surface area contributed by atoms with Gasteiger partial charge in [0.1, 0.15) is 0 Å². The molecule has 0 saturated carbocycles. The molecule has 1 aliphatic rings. The summed E-state index contributed by atoms with van der Waals surface area (Å²) in [7, 11) is 2.22. The van der Waals surface area contributed by atoms with Gasteiger partial charge in [-0.25, -0.2) is 0 Å². The van der Waals surface area contributed by atoms with Crippen LogP contribution in [0, 0.1) is 0 Å². The van der Waals surface area contributed by atoms with E-state index in [4.69, 9.17) is 11.6 Å². The standard InChI is InChI=1S/C15H23ClN2/c1-12-11-15(8-10-18(12)2)17-9-7-13-3-5-14(16)6-4-13/h3-6,12,15,17H,7-11H2,1-2H3. The molecular formula is C15H23ClN2. The number of nitrogens with zero attached hydrogens (tertiary/aromatic N) is 1. The number of halogens is 1. The van der Waals surface area contributed by atoms with Gasteiger partial charge in [0.25, 0.3) is 0 Å². The summed E-state index contributed by atoms with van der Waals surface area (Å²) in [5.41, 5.74) is 1.35. The van der Waals surface area contributed by atoms with Crippen LogP contribution in [-0.2, 0) is 6.42 Å². The predicted molar refractivity (Wildman–Crippen MR) is 78.3 cm³/mol. The van der Waals surface area contributed by atoms with E-state index in [-0.39, 0.29) is 0 Å². The second-order valence-corrected chi connectivity index (χ2v) is 5.82. The maximum atomic E-state index is 5.88. The zero-order valence-corrected chi connectivity index (χ0v) is 12.1. The molecule has 2 nitrogen and oxygen atoms in total. The first-order valence-electron chi connectivity index (χ1n) is 6.83. The van der Waals surface area contributed by atoms with Crippen LogP contribution in [0.4, 0.5) is 0 Å². The molecule has 0 bridgehead atoms. The van der Waals surface area contributed by atoms with Crippen LogP contribution >= 0.6 is 11.6 Å². The first-order valence-corrected chi connectivity index (χ1v) is 7.21. The number of piperidine rings is 1. The van der Waals surface area contributed by atoms with Crippen LogP contribution in [-0.4, -0.2) is 37.1 Å². The monoisotopic (exact) mass is 266 g/mol. The summed E-state index contributed by atoms with van der Waals surface area (Å²) in [6, 6.07) is 9.54. The Hall–Kier alpha value is -0.570. The number of rotatable bonds is 4. The van der Waals surface area contributed by atoms with Crippen molar-refractivity contribution < 1.29 is 0 Å². The van der Waals surface area contributed by atoms with Gasteiger partial charge in [0.05, 0.1) is 0 Å². The Morgan fingerprint density at radius 3 is 2.72 bits per heavy atom. The molecule has 1 aromatic rings. The third kappa shape index (κ3) is 3.98. The maximum absolute atomic E-state index is 5.88. The van der Waals surface area contributed by atoms with Gasteiger partial charge in [0.15, 0.2) is 0 Å². The van der Waals surface area contributed by atoms with Crippen molar-refractivity contribution in [2.45, 2.75) is 38.3 Å². The van der Waals surface area contributed by atoms with Gasteiger partial charge in [0, 0.05) is 17.1 Å². The zero-order valence-electron chi connectivity index (χ0n) is 11.3. The van der Waals surface area contributed by atoms with Gasteiger partial charge in [-0.05, 0) is 64.0 Å². The molecule has 100 valence electrons. The number of hydrogen-bond acceptors (Lipinski definition) is 2. The molecule has 2 atom stereocenters. The van der Waals surface area contributed by atoms with E-state index in [1.54, 1.807) is 0 Å². The van der Waals surface area contributed by atoms with Gasteiger partial charge in [-0.3, -0.25) is 0 Å². The summed E-state index contributed by atoms with van der Waals surface area (Å²) < 4.78 is 0. The van der Waals surface area contributed by atoms with Crippen LogP contribution in [0.3, 0.4) is 0 Å². The molecule has 0 amide bonds. The Balaban J connectivity index is 1.71. The zero-order chi connectivity index (χ0) is 13.0. The average Bonchev–Trinajstić information content (AvgIpc) is 2.36. The SMILES string of the molecule is CC1CC(NCCc2ccc(Cl)cc2)CCN1C. The Kier molecular flexibility index (Phi) is 5.04. The minimum absolute atomic E-state index is 0.684. The Bertz CT molecular complexity index is 363. The maximum Gasteiger partial charge on any atom is 0.0406 e. The van der Waals surface area contributed by atoms with E-state index in [1.165, 1.54) is 24.9 Å². The van der Waals surface area contributed by atoms with Crippen molar-refractivity contribution in [2.24, 2.45) is 0 Å². The second kappa shape index (κ2) is 6.55. The quantitative estimate of drug-likeness (QED) is 0.902. The third-order valence-electron chi connectivity index (χ3n) is 3.97. The van der Waals surface area contributed by atoms with Gasteiger partial charge in [-0.1, -0.05) is 23.7 Å². The van der Waals surface area contributed by atoms with E-state index in [9.17, 15) is 0 Å². The normalized spacial score (nSPS) is 25.3. The third-order valence-corrected chi connectivity index (χ3v) is 4.22. The summed E-state index contributed by atoms with van der Waals surface area (Å²) in [5.74, 6) is 0. The highest BCUT2D eigenvalue weighted by atomic mass is 35.5. The predicted octanol–water partition coefficient (Wildman–Crippen LogP) is 2.95. The van der Waals surface area contributed by atoms with Crippen molar-refractivity contribution in [3.05, 3.63) is 34.9 Å². The van der Waals surface area contributed by atoms with Crippen molar-refractivity contribution >= 4 is 11.6 Å². The molecule has 18 heavy (non-hydrogen) atoms. The highest BCUT2D eigenvalue weighted by molar-refractivity contribution is 6.30. The lowest BCUT2D eigenvalue weighted by Gasteiger charge is -2.35. The molecule has 1 saturated heterocycles. The van der Waals surface area contributed by atoms with Crippen LogP contribution in [0.2, 0.25) is 5.02 Å². The fourth-order valence-electron chi connectivity index (χ4n) is 2.55. The van der Waals surface area contributed by atoms with Gasteiger partial charge < -0.3 is 10.2 Å². The van der Waals surface area contributed by atoms with E-state index in [0.717, 1.165) is 18.0 Å². The molecule has 2 unspecified atom stereocenters. The number of nitrogens with one attached hydrogen (secondary N) is 1. The average molecular weight is 267 g/mol. The first kappa shape index (κ1) is 13.9. The summed E-state index contributed by atoms with van der Waals surface area (Å²) in [6.45, 7) is 4.58. The van der Waals surface area contributed by atoms with Crippen molar-refractivity contribution in [3.8, 4) is 0 Å². The lowest BCUT2D eigenvalue weighted by Crippen LogP contribution is -2.46. The second-order valence-electron chi connectivity index (χ2n) is 5.38. The molecule has 0 aliphatic carbocycles. The van der Waals surface area contributed by atoms with Gasteiger partial charge in [-0.15, -0.1) is 0 Å². The number of hydrogen-bond donors (Lipinski definition) is 1. The molecule has 1 fully saturated rings. The fourth-order valence-corrected chi connectivity index (χ4v) is 2.67. The smallest absolute Gasteiger partial charge is 0.0406 e. The molecule has 1 N–H and O–H groups in total. The molecule has 0 aromatic heterocycles. The molecule has 1 aromatic carbocycles. The largest absolute Gasteiger partial charge is 0.314 e. The molecule has 2 rings (SSSR count). The minimum atomic E-state index is 0.684. The summed E-state index contributed by atoms with van der Waals surface area (Å²) in [6.07, 6.45) is 3.61. The van der Waals surface area contributed by atoms with Crippen LogP contribution in [0.1, 0.15) is 25.3 Å². The van der Waals surface area contributed by atoms with E-state index in [0.29, 0.717) is 12.1 Å². The first-order chi connectivity index (χ1) is 8.65. The van der Waals surface area contributed by atoms with E-state index in [2.05, 4.69) is 36.3 Å². The van der Waals surface area contributed by atoms with E-state index >= 15 is 0 Å². The van der Waals surface area contributed by atoms with Gasteiger partial charge in [-0.2, -0.15) is 0 Å². The van der Waals surface area contributed by atoms with Crippen LogP contribution in [0.5, 0.6) is 0 Å². The molecular weight excluding hydrogens is 244 g/mol. The summed E-state index contributed by atoms with van der Waals surface area (Å²) in [4.78, 5) is 2.44. The van der Waals surface area contributed by atoms with Gasteiger partial charge in [0.2, 0.25) is 0 Å². The van der Waals surface area contributed by atoms with Gasteiger partial charge >= 0.3 is 0 Å². The lowest BCUT2D eigenvalue weighted by molar-refractivity contribution is 0.169. The number of benzene rings is 1. The highest BCUT2D eigenvalue weighted by Crippen LogP contribution is 2.15. The molecule has 0 spiro atoms. The molecule has 0 radical (unpaired) electrons. The molecule has 1 aliphatic heterocycles. The van der Waals surface area contributed by atoms with Crippen LogP contribution < -0.4 is 5.32 Å². The lowest BCUT2D eigenvalue weighted by atomic mass is 9.99.